The maximum Gasteiger partial charge on any atom is 0.283 e. The van der Waals surface area contributed by atoms with E-state index >= 15 is 0 Å². The van der Waals surface area contributed by atoms with Gasteiger partial charge in [-0.05, 0) is 73.0 Å². The molecule has 0 atom stereocenters. The van der Waals surface area contributed by atoms with E-state index in [0.29, 0.717) is 16.6 Å². The van der Waals surface area contributed by atoms with Crippen LogP contribution in [0.3, 0.4) is 0 Å². The molecule has 1 aromatic heterocycles. The van der Waals surface area contributed by atoms with Crippen LogP contribution in [0.1, 0.15) is 21.7 Å². The van der Waals surface area contributed by atoms with Gasteiger partial charge in [-0.1, -0.05) is 42.1 Å². The lowest BCUT2D eigenvalue weighted by Crippen LogP contribution is -2.30. The number of carbonyl (C=O) groups excluding carboxylic acids is 1. The van der Waals surface area contributed by atoms with Crippen LogP contribution < -0.4 is 9.64 Å². The van der Waals surface area contributed by atoms with Crippen LogP contribution in [-0.4, -0.2) is 23.2 Å². The van der Waals surface area contributed by atoms with Gasteiger partial charge in [0.25, 0.3) is 5.91 Å². The van der Waals surface area contributed by atoms with Gasteiger partial charge in [0.2, 0.25) is 0 Å². The van der Waals surface area contributed by atoms with Crippen molar-refractivity contribution < 1.29 is 9.53 Å². The number of thioether (sulfide) groups is 1. The number of aliphatic imine (C=N–C) groups is 1. The number of nitrogens with zero attached hydrogens (tertiary/aromatic N) is 3. The third kappa shape index (κ3) is 4.62. The highest BCUT2D eigenvalue weighted by molar-refractivity contribution is 8.13. The molecule has 3 aromatic carbocycles. The van der Waals surface area contributed by atoms with Gasteiger partial charge in [-0.2, -0.15) is 0 Å². The third-order valence-electron chi connectivity index (χ3n) is 5.38. The van der Waals surface area contributed by atoms with Gasteiger partial charge in [0, 0.05) is 0 Å². The van der Waals surface area contributed by atoms with Crippen LogP contribution >= 0.6 is 23.1 Å². The SMILES string of the molecule is COc1ccc(/C=C2/N=C(SCc3nc4ccccc4s3)N(c3cc(C)cc(C)c3)C2=O)cc1. The molecular formula is C27H23N3O2S2. The van der Waals surface area contributed by atoms with Crippen molar-refractivity contribution in [2.75, 3.05) is 12.0 Å². The number of rotatable bonds is 5. The molecule has 170 valence electrons. The largest absolute Gasteiger partial charge is 0.497 e. The average Bonchev–Trinajstić information content (AvgIpc) is 3.38. The minimum absolute atomic E-state index is 0.132. The number of fused-ring (bicyclic) bond motifs is 1. The molecule has 0 saturated heterocycles. The number of aryl methyl sites for hydroxylation is 2. The molecule has 0 saturated carbocycles. The van der Waals surface area contributed by atoms with E-state index in [-0.39, 0.29) is 5.91 Å². The molecule has 0 N–H and O–H groups in total. The van der Waals surface area contributed by atoms with Gasteiger partial charge in [0.1, 0.15) is 16.5 Å². The highest BCUT2D eigenvalue weighted by Crippen LogP contribution is 2.33. The Morgan fingerprint density at radius 1 is 1.03 bits per heavy atom. The molecule has 0 fully saturated rings. The highest BCUT2D eigenvalue weighted by atomic mass is 32.2. The Kier molecular flexibility index (Phi) is 6.22. The summed E-state index contributed by atoms with van der Waals surface area (Å²) in [7, 11) is 1.63. The second-order valence-electron chi connectivity index (χ2n) is 8.05. The number of thiazole rings is 1. The van der Waals surface area contributed by atoms with Crippen LogP contribution in [0.15, 0.2) is 77.4 Å². The lowest BCUT2D eigenvalue weighted by molar-refractivity contribution is -0.113. The molecule has 1 amide bonds. The Balaban J connectivity index is 1.48. The first-order chi connectivity index (χ1) is 16.5. The molecule has 5 nitrogen and oxygen atoms in total. The molecule has 34 heavy (non-hydrogen) atoms. The summed E-state index contributed by atoms with van der Waals surface area (Å²) >= 11 is 3.21. The second-order valence-corrected chi connectivity index (χ2v) is 10.1. The summed E-state index contributed by atoms with van der Waals surface area (Å²) in [5, 5.41) is 1.67. The van der Waals surface area contributed by atoms with E-state index in [1.807, 2.05) is 74.5 Å². The van der Waals surface area contributed by atoms with Crippen molar-refractivity contribution >= 4 is 56.2 Å². The summed E-state index contributed by atoms with van der Waals surface area (Å²) in [6.07, 6.45) is 1.82. The van der Waals surface area contributed by atoms with Crippen LogP contribution in [0.25, 0.3) is 16.3 Å². The molecule has 2 heterocycles. The topological polar surface area (TPSA) is 54.8 Å². The lowest BCUT2D eigenvalue weighted by Gasteiger charge is -2.19. The summed E-state index contributed by atoms with van der Waals surface area (Å²) in [6.45, 7) is 4.08. The van der Waals surface area contributed by atoms with Gasteiger partial charge in [-0.25, -0.2) is 9.98 Å². The van der Waals surface area contributed by atoms with Gasteiger partial charge in [0.05, 0.1) is 28.8 Å². The number of amides is 1. The number of carbonyl (C=O) groups is 1. The van der Waals surface area contributed by atoms with E-state index in [0.717, 1.165) is 43.4 Å². The van der Waals surface area contributed by atoms with Gasteiger partial charge >= 0.3 is 0 Å². The Bertz CT molecular complexity index is 1380. The van der Waals surface area contributed by atoms with Gasteiger partial charge in [0.15, 0.2) is 5.17 Å². The van der Waals surface area contributed by atoms with Crippen molar-refractivity contribution in [3.05, 3.63) is 94.1 Å². The lowest BCUT2D eigenvalue weighted by atomic mass is 10.1. The van der Waals surface area contributed by atoms with Crippen LogP contribution in [0.4, 0.5) is 5.69 Å². The van der Waals surface area contributed by atoms with Gasteiger partial charge in [-0.3, -0.25) is 9.69 Å². The number of benzene rings is 3. The molecule has 1 aliphatic heterocycles. The maximum atomic E-state index is 13.5. The normalized spacial score (nSPS) is 14.8. The van der Waals surface area contributed by atoms with Gasteiger partial charge < -0.3 is 4.74 Å². The summed E-state index contributed by atoms with van der Waals surface area (Å²) in [6, 6.07) is 21.9. The second kappa shape index (κ2) is 9.44. The predicted octanol–water partition coefficient (Wildman–Crippen LogP) is 6.60. The Hall–Kier alpha value is -3.42. The number of para-hydroxylation sites is 1. The molecule has 4 aromatic rings. The van der Waals surface area contributed by atoms with Gasteiger partial charge in [-0.15, -0.1) is 11.3 Å². The van der Waals surface area contributed by atoms with E-state index < -0.39 is 0 Å². The number of anilines is 1. The van der Waals surface area contributed by atoms with Crippen LogP contribution in [0.2, 0.25) is 0 Å². The Labute approximate surface area is 206 Å². The maximum absolute atomic E-state index is 13.5. The summed E-state index contributed by atoms with van der Waals surface area (Å²) < 4.78 is 6.40. The third-order valence-corrected chi connectivity index (χ3v) is 7.55. The number of hydrogen-bond acceptors (Lipinski definition) is 6. The van der Waals surface area contributed by atoms with E-state index in [2.05, 4.69) is 12.1 Å². The first-order valence-electron chi connectivity index (χ1n) is 10.8. The number of aromatic nitrogens is 1. The van der Waals surface area contributed by atoms with Crippen LogP contribution in [-0.2, 0) is 10.5 Å². The summed E-state index contributed by atoms with van der Waals surface area (Å²) in [5.41, 5.74) is 5.34. The van der Waals surface area contributed by atoms with E-state index in [1.54, 1.807) is 23.3 Å². The quantitative estimate of drug-likeness (QED) is 0.299. The minimum atomic E-state index is -0.132. The van der Waals surface area contributed by atoms with E-state index in [1.165, 1.54) is 11.8 Å². The number of methoxy groups -OCH3 is 1. The highest BCUT2D eigenvalue weighted by Gasteiger charge is 2.32. The molecule has 0 radical (unpaired) electrons. The smallest absolute Gasteiger partial charge is 0.283 e. The fraction of sp³-hybridized carbons (Fsp3) is 0.148. The van der Waals surface area contributed by atoms with E-state index in [9.17, 15) is 4.79 Å². The molecule has 0 unspecified atom stereocenters. The fourth-order valence-corrected chi connectivity index (χ4v) is 5.84. The zero-order valence-corrected chi connectivity index (χ0v) is 20.7. The van der Waals surface area contributed by atoms with Crippen LogP contribution in [0, 0.1) is 13.8 Å². The summed E-state index contributed by atoms with van der Waals surface area (Å²) in [4.78, 5) is 24.7. The van der Waals surface area contributed by atoms with Crippen molar-refractivity contribution in [2.24, 2.45) is 4.99 Å². The van der Waals surface area contributed by atoms with Crippen LogP contribution in [0.5, 0.6) is 5.75 Å². The zero-order valence-electron chi connectivity index (χ0n) is 19.1. The number of ether oxygens (including phenoxy) is 1. The first kappa shape index (κ1) is 22.4. The monoisotopic (exact) mass is 485 g/mol. The molecule has 0 bridgehead atoms. The van der Waals surface area contributed by atoms with Crippen molar-refractivity contribution in [1.82, 2.24) is 4.98 Å². The van der Waals surface area contributed by atoms with Crippen molar-refractivity contribution in [3.8, 4) is 5.75 Å². The Morgan fingerprint density at radius 2 is 1.76 bits per heavy atom. The van der Waals surface area contributed by atoms with E-state index in [4.69, 9.17) is 14.7 Å². The molecule has 5 rings (SSSR count). The Morgan fingerprint density at radius 3 is 2.47 bits per heavy atom. The molecule has 0 aliphatic carbocycles. The number of hydrogen-bond donors (Lipinski definition) is 0. The number of amidine groups is 1. The fourth-order valence-electron chi connectivity index (χ4n) is 3.87. The molecule has 0 spiro atoms. The minimum Gasteiger partial charge on any atom is -0.497 e. The molecule has 7 heteroatoms. The first-order valence-corrected chi connectivity index (χ1v) is 12.6. The standard InChI is InChI=1S/C27H23N3O2S2/c1-17-12-18(2)14-20(13-17)30-26(31)23(15-19-8-10-21(32-3)11-9-19)29-27(30)33-16-25-28-22-6-4-5-7-24(22)34-25/h4-15H,16H2,1-3H3/b23-15+. The van der Waals surface area contributed by atoms with Crippen molar-refractivity contribution in [3.63, 3.8) is 0 Å². The predicted molar refractivity (Wildman–Crippen MR) is 143 cm³/mol. The molecular weight excluding hydrogens is 462 g/mol. The molecule has 1 aliphatic rings. The summed E-state index contributed by atoms with van der Waals surface area (Å²) in [5.74, 6) is 1.28. The average molecular weight is 486 g/mol. The zero-order chi connectivity index (χ0) is 23.7. The van der Waals surface area contributed by atoms with Crippen molar-refractivity contribution in [1.29, 1.82) is 0 Å². The van der Waals surface area contributed by atoms with Crippen molar-refractivity contribution in [2.45, 2.75) is 19.6 Å².